The number of hydrogen-bond donors (Lipinski definition) is 3. The Hall–Kier alpha value is -2.39. The molecule has 0 heterocycles. The first kappa shape index (κ1) is 21.9. The van der Waals surface area contributed by atoms with Crippen molar-refractivity contribution in [1.29, 1.82) is 0 Å². The number of alkyl carbamates (subject to hydrolysis) is 1. The van der Waals surface area contributed by atoms with Gasteiger partial charge in [0.2, 0.25) is 0 Å². The molecule has 0 bridgehead atoms. The Balaban J connectivity index is 1.87. The van der Waals surface area contributed by atoms with E-state index >= 15 is 0 Å². The van der Waals surface area contributed by atoms with E-state index < -0.39 is 28.9 Å². The summed E-state index contributed by atoms with van der Waals surface area (Å²) in [6.07, 6.45) is -3.73. The monoisotopic (exact) mass is 428 g/mol. The molecule has 0 saturated carbocycles. The molecule has 2 rings (SSSR count). The Kier molecular flexibility index (Phi) is 8.01. The Morgan fingerprint density at radius 2 is 1.82 bits per heavy atom. The largest absolute Gasteiger partial charge is 0.445 e. The molecular formula is C18H18Cl2N2O6. The summed E-state index contributed by atoms with van der Waals surface area (Å²) in [4.78, 5) is 22.1. The van der Waals surface area contributed by atoms with Crippen molar-refractivity contribution < 1.29 is 24.7 Å². The second-order valence-corrected chi connectivity index (χ2v) is 6.69. The quantitative estimate of drug-likeness (QED) is 0.435. The number of aliphatic hydroxyl groups excluding tert-OH is 2. The molecule has 0 saturated heterocycles. The summed E-state index contributed by atoms with van der Waals surface area (Å²) < 4.78 is 5.02. The Morgan fingerprint density at radius 3 is 2.46 bits per heavy atom. The number of hydrogen-bond acceptors (Lipinski definition) is 6. The Labute approximate surface area is 170 Å². The number of carbonyl (C=O) groups excluding carboxylic acids is 1. The maximum atomic E-state index is 11.7. The highest BCUT2D eigenvalue weighted by molar-refractivity contribution is 6.42. The summed E-state index contributed by atoms with van der Waals surface area (Å²) >= 11 is 11.6. The van der Waals surface area contributed by atoms with Gasteiger partial charge in [0.15, 0.2) is 0 Å². The number of halogens is 2. The number of aliphatic hydroxyl groups is 2. The molecule has 0 fully saturated rings. The molecule has 2 aromatic rings. The molecule has 0 aliphatic carbocycles. The molecule has 2 aromatic carbocycles. The lowest BCUT2D eigenvalue weighted by atomic mass is 10.0. The maximum absolute atomic E-state index is 11.7. The number of benzene rings is 2. The van der Waals surface area contributed by atoms with Crippen molar-refractivity contribution >= 4 is 35.0 Å². The smallest absolute Gasteiger partial charge is 0.407 e. The van der Waals surface area contributed by atoms with Crippen LogP contribution >= 0.6 is 23.2 Å². The third kappa shape index (κ3) is 6.07. The van der Waals surface area contributed by atoms with Crippen LogP contribution in [-0.2, 0) is 11.3 Å². The van der Waals surface area contributed by atoms with Crippen LogP contribution in [-0.4, -0.2) is 33.9 Å². The second-order valence-electron chi connectivity index (χ2n) is 5.87. The SMILES string of the molecule is O=C(NCCC(O)C(O)c1cc(Cl)c(Cl)cc1[N+](=O)[O-])OCc1ccccc1. The first-order chi connectivity index (χ1) is 13.3. The van der Waals surface area contributed by atoms with E-state index in [0.29, 0.717) is 0 Å². The van der Waals surface area contributed by atoms with Gasteiger partial charge in [-0.05, 0) is 18.1 Å². The minimum absolute atomic E-state index is 0.0103. The number of nitro groups is 1. The van der Waals surface area contributed by atoms with Crippen LogP contribution in [0, 0.1) is 10.1 Å². The predicted octanol–water partition coefficient (Wildman–Crippen LogP) is 3.61. The van der Waals surface area contributed by atoms with Crippen molar-refractivity contribution in [3.63, 3.8) is 0 Å². The van der Waals surface area contributed by atoms with Gasteiger partial charge in [-0.2, -0.15) is 0 Å². The highest BCUT2D eigenvalue weighted by atomic mass is 35.5. The molecule has 1 amide bonds. The number of nitrogens with zero attached hydrogens (tertiary/aromatic N) is 1. The van der Waals surface area contributed by atoms with Crippen LogP contribution in [0.15, 0.2) is 42.5 Å². The van der Waals surface area contributed by atoms with Crippen LogP contribution in [0.1, 0.15) is 23.7 Å². The lowest BCUT2D eigenvalue weighted by Gasteiger charge is -2.19. The molecule has 0 aromatic heterocycles. The van der Waals surface area contributed by atoms with E-state index in [9.17, 15) is 25.1 Å². The fourth-order valence-corrected chi connectivity index (χ4v) is 2.74. The molecule has 150 valence electrons. The van der Waals surface area contributed by atoms with Crippen LogP contribution in [0.4, 0.5) is 10.5 Å². The number of nitro benzene ring substituents is 1. The molecule has 8 nitrogen and oxygen atoms in total. The van der Waals surface area contributed by atoms with Crippen LogP contribution in [0.5, 0.6) is 0 Å². The van der Waals surface area contributed by atoms with E-state index in [1.165, 1.54) is 0 Å². The minimum atomic E-state index is -1.59. The average molecular weight is 429 g/mol. The minimum Gasteiger partial charge on any atom is -0.445 e. The van der Waals surface area contributed by atoms with Gasteiger partial charge in [-0.3, -0.25) is 10.1 Å². The lowest BCUT2D eigenvalue weighted by Crippen LogP contribution is -2.30. The Bertz CT molecular complexity index is 834. The summed E-state index contributed by atoms with van der Waals surface area (Å²) in [5.74, 6) is 0. The zero-order chi connectivity index (χ0) is 20.7. The number of ether oxygens (including phenoxy) is 1. The molecule has 2 atom stereocenters. The van der Waals surface area contributed by atoms with E-state index in [1.807, 2.05) is 18.2 Å². The van der Waals surface area contributed by atoms with Crippen molar-refractivity contribution in [2.24, 2.45) is 0 Å². The molecule has 0 aliphatic heterocycles. The third-order valence-corrected chi connectivity index (χ3v) is 4.59. The molecule has 2 unspecified atom stereocenters. The molecule has 0 radical (unpaired) electrons. The van der Waals surface area contributed by atoms with Gasteiger partial charge in [0, 0.05) is 12.6 Å². The van der Waals surface area contributed by atoms with E-state index in [1.54, 1.807) is 12.1 Å². The normalized spacial score (nSPS) is 12.9. The summed E-state index contributed by atoms with van der Waals surface area (Å²) in [5.41, 5.74) is 0.190. The topological polar surface area (TPSA) is 122 Å². The molecule has 3 N–H and O–H groups in total. The van der Waals surface area contributed by atoms with E-state index in [2.05, 4.69) is 5.32 Å². The molecule has 10 heteroatoms. The van der Waals surface area contributed by atoms with E-state index in [-0.39, 0.29) is 35.2 Å². The van der Waals surface area contributed by atoms with Crippen molar-refractivity contribution in [3.05, 3.63) is 73.8 Å². The summed E-state index contributed by atoms with van der Waals surface area (Å²) in [6.45, 7) is 0.0777. The van der Waals surface area contributed by atoms with Crippen molar-refractivity contribution in [3.8, 4) is 0 Å². The number of nitrogens with one attached hydrogen (secondary N) is 1. The first-order valence-corrected chi connectivity index (χ1v) is 8.99. The van der Waals surface area contributed by atoms with Crippen molar-refractivity contribution in [1.82, 2.24) is 5.32 Å². The summed E-state index contributed by atoms with van der Waals surface area (Å²) in [6, 6.07) is 11.2. The third-order valence-electron chi connectivity index (χ3n) is 3.87. The lowest BCUT2D eigenvalue weighted by molar-refractivity contribution is -0.386. The van der Waals surface area contributed by atoms with Gasteiger partial charge in [-0.15, -0.1) is 0 Å². The Morgan fingerprint density at radius 1 is 1.18 bits per heavy atom. The van der Waals surface area contributed by atoms with E-state index in [4.69, 9.17) is 27.9 Å². The van der Waals surface area contributed by atoms with Crippen LogP contribution in [0.3, 0.4) is 0 Å². The zero-order valence-corrected chi connectivity index (χ0v) is 16.1. The van der Waals surface area contributed by atoms with Gasteiger partial charge in [-0.1, -0.05) is 53.5 Å². The van der Waals surface area contributed by atoms with Gasteiger partial charge >= 0.3 is 6.09 Å². The van der Waals surface area contributed by atoms with Crippen LogP contribution < -0.4 is 5.32 Å². The number of amides is 1. The van der Waals surface area contributed by atoms with E-state index in [0.717, 1.165) is 17.7 Å². The molecule has 28 heavy (non-hydrogen) atoms. The van der Waals surface area contributed by atoms with Gasteiger partial charge in [-0.25, -0.2) is 4.79 Å². The highest BCUT2D eigenvalue weighted by Crippen LogP contribution is 2.35. The van der Waals surface area contributed by atoms with Gasteiger partial charge in [0.25, 0.3) is 5.69 Å². The number of carbonyl (C=O) groups is 1. The van der Waals surface area contributed by atoms with Crippen molar-refractivity contribution in [2.45, 2.75) is 25.2 Å². The van der Waals surface area contributed by atoms with Crippen molar-refractivity contribution in [2.75, 3.05) is 6.54 Å². The maximum Gasteiger partial charge on any atom is 0.407 e. The van der Waals surface area contributed by atoms with Gasteiger partial charge < -0.3 is 20.3 Å². The zero-order valence-electron chi connectivity index (χ0n) is 14.5. The fourth-order valence-electron chi connectivity index (χ4n) is 2.41. The predicted molar refractivity (Wildman–Crippen MR) is 103 cm³/mol. The second kappa shape index (κ2) is 10.2. The molecule has 0 aliphatic rings. The van der Waals surface area contributed by atoms with Gasteiger partial charge in [0.1, 0.15) is 12.7 Å². The van der Waals surface area contributed by atoms with Crippen LogP contribution in [0.25, 0.3) is 0 Å². The number of rotatable bonds is 8. The molecule has 0 spiro atoms. The average Bonchev–Trinajstić information content (AvgIpc) is 2.68. The highest BCUT2D eigenvalue weighted by Gasteiger charge is 2.27. The molecular weight excluding hydrogens is 411 g/mol. The summed E-state index contributed by atoms with van der Waals surface area (Å²) in [5, 5.41) is 33.9. The fraction of sp³-hybridized carbons (Fsp3) is 0.278. The van der Waals surface area contributed by atoms with Crippen LogP contribution in [0.2, 0.25) is 10.0 Å². The van der Waals surface area contributed by atoms with Gasteiger partial charge in [0.05, 0.1) is 26.6 Å². The first-order valence-electron chi connectivity index (χ1n) is 8.23. The standard InChI is InChI=1S/C18H18Cl2N2O6/c19-13-8-12(15(22(26)27)9-14(13)20)17(24)16(23)6-7-21-18(25)28-10-11-4-2-1-3-5-11/h1-5,8-9,16-17,23-24H,6-7,10H2,(H,21,25). The summed E-state index contributed by atoms with van der Waals surface area (Å²) in [7, 11) is 0.